The van der Waals surface area contributed by atoms with Crippen LogP contribution in [-0.4, -0.2) is 16.8 Å². The lowest BCUT2D eigenvalue weighted by atomic mass is 9.34. The fourth-order valence-corrected chi connectivity index (χ4v) is 10.3. The van der Waals surface area contributed by atoms with Crippen molar-refractivity contribution in [2.75, 3.05) is 0 Å². The Labute approximate surface area is 220 Å². The summed E-state index contributed by atoms with van der Waals surface area (Å²) in [6.45, 7) is 15.2. The summed E-state index contributed by atoms with van der Waals surface area (Å²) in [5, 5.41) is 9.58. The topological polar surface area (TPSA) is 75.0 Å². The van der Waals surface area contributed by atoms with Crippen molar-refractivity contribution in [2.45, 2.75) is 93.4 Å². The van der Waals surface area contributed by atoms with Crippen molar-refractivity contribution in [1.82, 2.24) is 0 Å². The third-order valence-electron chi connectivity index (χ3n) is 12.3. The Morgan fingerprint density at radius 3 is 2.25 bits per heavy atom. The van der Waals surface area contributed by atoms with Gasteiger partial charge in [-0.3, -0.25) is 14.4 Å². The Morgan fingerprint density at radius 1 is 1.00 bits per heavy atom. The minimum Gasteiger partial charge on any atom is -0.295 e. The van der Waals surface area contributed by atoms with E-state index in [9.17, 15) is 19.6 Å². The molecular formula is C31H40ClNO3. The summed E-state index contributed by atoms with van der Waals surface area (Å²) in [5.41, 5.74) is -1.05. The molecule has 7 atom stereocenters. The molecular weight excluding hydrogens is 470 g/mol. The summed E-state index contributed by atoms with van der Waals surface area (Å²) in [7, 11) is 0. The second kappa shape index (κ2) is 7.43. The Balaban J connectivity index is 1.71. The number of nitrogens with zero attached hydrogens (tertiary/aromatic N) is 1. The van der Waals surface area contributed by atoms with E-state index in [4.69, 9.17) is 11.6 Å². The third-order valence-corrected chi connectivity index (χ3v) is 12.6. The summed E-state index contributed by atoms with van der Waals surface area (Å²) < 4.78 is 0. The lowest BCUT2D eigenvalue weighted by Gasteiger charge is -2.68. The molecule has 3 unspecified atom stereocenters. The van der Waals surface area contributed by atoms with Crippen molar-refractivity contribution in [2.24, 2.45) is 50.2 Å². The van der Waals surface area contributed by atoms with Crippen molar-refractivity contribution in [3.05, 3.63) is 23.3 Å². The number of allylic oxidation sites excluding steroid dienone is 4. The molecule has 4 nitrogen and oxygen atoms in total. The number of halogens is 1. The second-order valence-electron chi connectivity index (χ2n) is 14.7. The zero-order valence-electron chi connectivity index (χ0n) is 22.9. The Hall–Kier alpha value is -1.73. The monoisotopic (exact) mass is 509 g/mol. The average molecular weight is 510 g/mol. The molecule has 0 heterocycles. The number of carbonyl (C=O) groups excluding carboxylic acids is 3. The SMILES string of the molecule is CC1(C)CCC2(C(=O)Cl)CC[C@]3(C)C(C(=O)C=C4C3(C)CC[C@H]3C(C)(C)C(=O)C(C#N)=C[C@]43C)[C@@H]2C1. The predicted octanol–water partition coefficient (Wildman–Crippen LogP) is 6.97. The number of Topliss-reactive ketones (excluding diaryl/α,β-unsaturated/α-hetero) is 1. The minimum absolute atomic E-state index is 0.0302. The van der Waals surface area contributed by atoms with Gasteiger partial charge in [-0.05, 0) is 90.7 Å². The summed E-state index contributed by atoms with van der Waals surface area (Å²) in [5.74, 6) is -0.261. The fourth-order valence-electron chi connectivity index (χ4n) is 9.98. The molecule has 3 fully saturated rings. The highest BCUT2D eigenvalue weighted by Gasteiger charge is 2.70. The van der Waals surface area contributed by atoms with Gasteiger partial charge in [-0.1, -0.05) is 60.1 Å². The molecule has 0 radical (unpaired) electrons. The van der Waals surface area contributed by atoms with E-state index < -0.39 is 16.2 Å². The maximum atomic E-state index is 14.3. The van der Waals surface area contributed by atoms with Crippen molar-refractivity contribution in [1.29, 1.82) is 5.26 Å². The first kappa shape index (κ1) is 25.9. The lowest BCUT2D eigenvalue weighted by molar-refractivity contribution is -0.173. The van der Waals surface area contributed by atoms with E-state index in [1.54, 1.807) is 0 Å². The quantitative estimate of drug-likeness (QED) is 0.357. The Bertz CT molecular complexity index is 1190. The van der Waals surface area contributed by atoms with Crippen LogP contribution < -0.4 is 0 Å². The predicted molar refractivity (Wildman–Crippen MR) is 140 cm³/mol. The van der Waals surface area contributed by atoms with Crippen LogP contribution in [0.25, 0.3) is 0 Å². The van der Waals surface area contributed by atoms with Crippen LogP contribution >= 0.6 is 11.6 Å². The van der Waals surface area contributed by atoms with Gasteiger partial charge < -0.3 is 0 Å². The molecule has 5 aliphatic rings. The highest BCUT2D eigenvalue weighted by molar-refractivity contribution is 6.64. The Kier molecular flexibility index (Phi) is 5.35. The molecule has 0 N–H and O–H groups in total. The van der Waals surface area contributed by atoms with Gasteiger partial charge in [0, 0.05) is 22.2 Å². The van der Waals surface area contributed by atoms with E-state index in [1.807, 2.05) is 26.0 Å². The van der Waals surface area contributed by atoms with Crippen LogP contribution in [-0.2, 0) is 14.4 Å². The maximum Gasteiger partial charge on any atom is 0.228 e. The van der Waals surface area contributed by atoms with Gasteiger partial charge in [-0.15, -0.1) is 0 Å². The van der Waals surface area contributed by atoms with Crippen molar-refractivity contribution in [3.8, 4) is 6.07 Å². The normalized spacial score (nSPS) is 46.7. The summed E-state index contributed by atoms with van der Waals surface area (Å²) in [6, 6.07) is 2.16. The maximum absolute atomic E-state index is 14.3. The number of ketones is 2. The average Bonchev–Trinajstić information content (AvgIpc) is 2.77. The Morgan fingerprint density at radius 2 is 1.64 bits per heavy atom. The molecule has 5 heteroatoms. The molecule has 5 rings (SSSR count). The second-order valence-corrected chi connectivity index (χ2v) is 15.0. The van der Waals surface area contributed by atoms with Gasteiger partial charge in [0.1, 0.15) is 6.07 Å². The number of rotatable bonds is 1. The molecule has 0 aliphatic heterocycles. The number of hydrogen-bond donors (Lipinski definition) is 0. The van der Waals surface area contributed by atoms with Crippen LogP contribution in [0.2, 0.25) is 0 Å². The van der Waals surface area contributed by atoms with Crippen molar-refractivity contribution in [3.63, 3.8) is 0 Å². The molecule has 194 valence electrons. The van der Waals surface area contributed by atoms with Crippen molar-refractivity contribution >= 4 is 28.4 Å². The van der Waals surface area contributed by atoms with Gasteiger partial charge in [0.15, 0.2) is 11.6 Å². The van der Waals surface area contributed by atoms with Gasteiger partial charge in [0.05, 0.1) is 5.57 Å². The molecule has 0 aromatic rings. The molecule has 36 heavy (non-hydrogen) atoms. The summed E-state index contributed by atoms with van der Waals surface area (Å²) in [6.07, 6.45) is 9.56. The van der Waals surface area contributed by atoms with Crippen LogP contribution in [0.15, 0.2) is 23.3 Å². The zero-order chi connectivity index (χ0) is 26.7. The molecule has 0 aromatic carbocycles. The van der Waals surface area contributed by atoms with E-state index in [0.717, 1.165) is 50.5 Å². The smallest absolute Gasteiger partial charge is 0.228 e. The number of hydrogen-bond acceptors (Lipinski definition) is 4. The number of fused-ring (bicyclic) bond motifs is 7. The van der Waals surface area contributed by atoms with Crippen molar-refractivity contribution < 1.29 is 14.4 Å². The first-order valence-electron chi connectivity index (χ1n) is 13.6. The van der Waals surface area contributed by atoms with Crippen LogP contribution in [0.3, 0.4) is 0 Å². The van der Waals surface area contributed by atoms with Crippen LogP contribution in [0.4, 0.5) is 0 Å². The molecule has 0 saturated heterocycles. The molecule has 5 aliphatic carbocycles. The highest BCUT2D eigenvalue weighted by atomic mass is 35.5. The van der Waals surface area contributed by atoms with Gasteiger partial charge >= 0.3 is 0 Å². The molecule has 0 bridgehead atoms. The molecule has 3 saturated carbocycles. The molecule has 0 amide bonds. The van der Waals surface area contributed by atoms with E-state index in [1.165, 1.54) is 0 Å². The number of nitriles is 1. The lowest BCUT2D eigenvalue weighted by Crippen LogP contribution is -2.65. The van der Waals surface area contributed by atoms with Crippen LogP contribution in [0.5, 0.6) is 0 Å². The first-order valence-corrected chi connectivity index (χ1v) is 14.0. The fraction of sp³-hybridized carbons (Fsp3) is 0.742. The van der Waals surface area contributed by atoms with Gasteiger partial charge in [-0.2, -0.15) is 5.26 Å². The summed E-state index contributed by atoms with van der Waals surface area (Å²) in [4.78, 5) is 40.4. The third kappa shape index (κ3) is 2.96. The van der Waals surface area contributed by atoms with Gasteiger partial charge in [0.2, 0.25) is 5.24 Å². The van der Waals surface area contributed by atoms with Gasteiger partial charge in [-0.25, -0.2) is 0 Å². The van der Waals surface area contributed by atoms with Crippen LogP contribution in [0.1, 0.15) is 93.4 Å². The van der Waals surface area contributed by atoms with E-state index in [2.05, 4.69) is 40.7 Å². The standard InChI is InChI=1S/C31H40ClNO3/c1-26(2)10-12-31(25(32)36)13-11-30(7)23(19(31)16-26)20(34)14-22-28(5)15-18(17-33)24(35)27(3,4)21(28)8-9-29(22,30)6/h14-15,19,21,23H,8-13,16H2,1-7H3/t19-,21-,23?,28-,29?,30+,31?/m0/s1. The highest BCUT2D eigenvalue weighted by Crippen LogP contribution is 2.74. The van der Waals surface area contributed by atoms with E-state index >= 15 is 0 Å². The van der Waals surface area contributed by atoms with E-state index in [0.29, 0.717) is 0 Å². The molecule has 0 spiro atoms. The summed E-state index contributed by atoms with van der Waals surface area (Å²) >= 11 is 6.36. The molecule has 0 aromatic heterocycles. The van der Waals surface area contributed by atoms with Gasteiger partial charge in [0.25, 0.3) is 0 Å². The minimum atomic E-state index is -0.669. The zero-order valence-corrected chi connectivity index (χ0v) is 23.6. The largest absolute Gasteiger partial charge is 0.295 e. The number of carbonyl (C=O) groups is 3. The van der Waals surface area contributed by atoms with Crippen LogP contribution in [0, 0.1) is 61.6 Å². The first-order chi connectivity index (χ1) is 16.5. The van der Waals surface area contributed by atoms with E-state index in [-0.39, 0.29) is 56.4 Å².